The van der Waals surface area contributed by atoms with E-state index < -0.39 is 6.04 Å². The number of carbonyl (C=O) groups excluding carboxylic acids is 2. The van der Waals surface area contributed by atoms with Gasteiger partial charge in [0, 0.05) is 23.1 Å². The van der Waals surface area contributed by atoms with Crippen molar-refractivity contribution in [3.8, 4) is 0 Å². The minimum atomic E-state index is -0.748. The van der Waals surface area contributed by atoms with Crippen molar-refractivity contribution in [2.24, 2.45) is 0 Å². The number of rotatable bonds is 8. The highest BCUT2D eigenvalue weighted by Gasteiger charge is 2.26. The van der Waals surface area contributed by atoms with E-state index >= 15 is 0 Å². The summed E-state index contributed by atoms with van der Waals surface area (Å²) in [6.45, 7) is 2.09. The molecular weight excluding hydrogens is 450 g/mol. The van der Waals surface area contributed by atoms with Gasteiger partial charge in [-0.2, -0.15) is 0 Å². The van der Waals surface area contributed by atoms with E-state index in [4.69, 9.17) is 23.2 Å². The maximum absolute atomic E-state index is 13.3. The van der Waals surface area contributed by atoms with Crippen LogP contribution in [0.25, 0.3) is 0 Å². The number of halogens is 3. The summed E-state index contributed by atoms with van der Waals surface area (Å²) in [5.74, 6) is -0.896. The van der Waals surface area contributed by atoms with E-state index in [0.717, 1.165) is 16.7 Å². The fourth-order valence-corrected chi connectivity index (χ4v) is 3.55. The molecular formula is C25H23Cl2FN2O2. The molecule has 32 heavy (non-hydrogen) atoms. The molecule has 1 atom stereocenters. The van der Waals surface area contributed by atoms with Gasteiger partial charge < -0.3 is 10.2 Å². The summed E-state index contributed by atoms with van der Waals surface area (Å²) in [6, 6.07) is 19.3. The van der Waals surface area contributed by atoms with Gasteiger partial charge in [-0.15, -0.1) is 0 Å². The molecule has 166 valence electrons. The Hall–Kier alpha value is -2.89. The molecule has 7 heteroatoms. The van der Waals surface area contributed by atoms with Gasteiger partial charge in [-0.1, -0.05) is 65.7 Å². The molecule has 0 aliphatic rings. The van der Waals surface area contributed by atoms with Gasteiger partial charge in [0.2, 0.25) is 11.8 Å². The quantitative estimate of drug-likeness (QED) is 0.476. The lowest BCUT2D eigenvalue weighted by molar-refractivity contribution is -0.140. The summed E-state index contributed by atoms with van der Waals surface area (Å²) in [5.41, 5.74) is 2.29. The number of nitrogens with zero attached hydrogens (tertiary/aromatic N) is 1. The van der Waals surface area contributed by atoms with Gasteiger partial charge >= 0.3 is 0 Å². The lowest BCUT2D eigenvalue weighted by Gasteiger charge is -2.29. The molecule has 3 aromatic carbocycles. The third kappa shape index (κ3) is 6.55. The topological polar surface area (TPSA) is 49.4 Å². The highest BCUT2D eigenvalue weighted by Crippen LogP contribution is 2.17. The number of amides is 2. The third-order valence-electron chi connectivity index (χ3n) is 5.11. The van der Waals surface area contributed by atoms with Gasteiger partial charge in [0.05, 0.1) is 6.42 Å². The first-order valence-corrected chi connectivity index (χ1v) is 10.9. The number of nitrogens with one attached hydrogen (secondary N) is 1. The fraction of sp³-hybridized carbons (Fsp3) is 0.200. The molecule has 0 aromatic heterocycles. The summed E-state index contributed by atoms with van der Waals surface area (Å²) in [5, 5.41) is 3.98. The largest absolute Gasteiger partial charge is 0.350 e. The average molecular weight is 473 g/mol. The van der Waals surface area contributed by atoms with Crippen LogP contribution in [-0.2, 0) is 29.1 Å². The van der Waals surface area contributed by atoms with Crippen LogP contribution in [0.2, 0.25) is 10.0 Å². The monoisotopic (exact) mass is 472 g/mol. The van der Waals surface area contributed by atoms with Crippen LogP contribution >= 0.6 is 23.2 Å². The summed E-state index contributed by atoms with van der Waals surface area (Å²) < 4.78 is 13.3. The van der Waals surface area contributed by atoms with Crippen LogP contribution in [0.1, 0.15) is 23.6 Å². The lowest BCUT2D eigenvalue weighted by atomic mass is 10.1. The molecule has 0 bridgehead atoms. The smallest absolute Gasteiger partial charge is 0.242 e. The van der Waals surface area contributed by atoms with E-state index in [1.807, 2.05) is 18.2 Å². The molecule has 2 amide bonds. The van der Waals surface area contributed by atoms with Crippen LogP contribution < -0.4 is 5.32 Å². The number of carbonyl (C=O) groups is 2. The third-order valence-corrected chi connectivity index (χ3v) is 5.73. The van der Waals surface area contributed by atoms with Crippen molar-refractivity contribution in [1.82, 2.24) is 10.2 Å². The second-order valence-electron chi connectivity index (χ2n) is 7.44. The van der Waals surface area contributed by atoms with Crippen molar-refractivity contribution in [3.63, 3.8) is 0 Å². The number of hydrogen-bond donors (Lipinski definition) is 1. The van der Waals surface area contributed by atoms with Crippen molar-refractivity contribution in [2.75, 3.05) is 0 Å². The Morgan fingerprint density at radius 1 is 0.938 bits per heavy atom. The molecule has 0 saturated heterocycles. The highest BCUT2D eigenvalue weighted by molar-refractivity contribution is 6.31. The molecule has 3 aromatic rings. The highest BCUT2D eigenvalue weighted by atomic mass is 35.5. The van der Waals surface area contributed by atoms with Gasteiger partial charge in [0.1, 0.15) is 11.9 Å². The lowest BCUT2D eigenvalue weighted by Crippen LogP contribution is -2.48. The van der Waals surface area contributed by atoms with Crippen molar-refractivity contribution < 1.29 is 14.0 Å². The summed E-state index contributed by atoms with van der Waals surface area (Å²) in [6.07, 6.45) is 0.112. The van der Waals surface area contributed by atoms with E-state index in [-0.39, 0.29) is 37.1 Å². The standard InChI is InChI=1S/C25H23Cl2FN2O2/c1-17(25(32)29-15-20-4-2-3-5-23(20)27)30(16-19-8-12-22(28)13-9-19)24(31)14-18-6-10-21(26)11-7-18/h2-13,17H,14-16H2,1H3,(H,29,32). The van der Waals surface area contributed by atoms with E-state index in [0.29, 0.717) is 10.0 Å². The zero-order valence-electron chi connectivity index (χ0n) is 17.5. The SMILES string of the molecule is CC(C(=O)NCc1ccccc1Cl)N(Cc1ccc(F)cc1)C(=O)Cc1ccc(Cl)cc1. The van der Waals surface area contributed by atoms with Crippen LogP contribution in [0.15, 0.2) is 72.8 Å². The van der Waals surface area contributed by atoms with Crippen molar-refractivity contribution in [1.29, 1.82) is 0 Å². The summed E-state index contributed by atoms with van der Waals surface area (Å²) >= 11 is 12.1. The zero-order chi connectivity index (χ0) is 23.1. The molecule has 4 nitrogen and oxygen atoms in total. The Labute approximate surface area is 197 Å². The molecule has 0 fully saturated rings. The maximum atomic E-state index is 13.3. The number of hydrogen-bond acceptors (Lipinski definition) is 2. The van der Waals surface area contributed by atoms with E-state index in [1.165, 1.54) is 17.0 Å². The van der Waals surface area contributed by atoms with E-state index in [9.17, 15) is 14.0 Å². The predicted molar refractivity (Wildman–Crippen MR) is 125 cm³/mol. The molecule has 0 radical (unpaired) electrons. The van der Waals surface area contributed by atoms with Crippen LogP contribution in [0.5, 0.6) is 0 Å². The Kier molecular flexibility index (Phi) is 8.26. The zero-order valence-corrected chi connectivity index (χ0v) is 19.0. The van der Waals surface area contributed by atoms with Crippen molar-refractivity contribution >= 4 is 35.0 Å². The van der Waals surface area contributed by atoms with Crippen molar-refractivity contribution in [3.05, 3.63) is 105 Å². The molecule has 0 spiro atoms. The second kappa shape index (κ2) is 11.1. The Bertz CT molecular complexity index is 1070. The second-order valence-corrected chi connectivity index (χ2v) is 8.28. The van der Waals surface area contributed by atoms with Gasteiger partial charge in [0.15, 0.2) is 0 Å². The Morgan fingerprint density at radius 2 is 1.56 bits per heavy atom. The van der Waals surface area contributed by atoms with Gasteiger partial charge in [0.25, 0.3) is 0 Å². The molecule has 0 aliphatic heterocycles. The first kappa shape index (κ1) is 23.8. The fourth-order valence-electron chi connectivity index (χ4n) is 3.22. The molecule has 0 heterocycles. The number of benzene rings is 3. The van der Waals surface area contributed by atoms with Crippen molar-refractivity contribution in [2.45, 2.75) is 32.5 Å². The van der Waals surface area contributed by atoms with Crippen LogP contribution in [-0.4, -0.2) is 22.8 Å². The minimum Gasteiger partial charge on any atom is -0.350 e. The Morgan fingerprint density at radius 3 is 2.22 bits per heavy atom. The normalized spacial score (nSPS) is 11.6. The molecule has 1 N–H and O–H groups in total. The summed E-state index contributed by atoms with van der Waals surface area (Å²) in [4.78, 5) is 27.5. The minimum absolute atomic E-state index is 0.112. The first-order valence-electron chi connectivity index (χ1n) is 10.1. The molecule has 0 saturated carbocycles. The van der Waals surface area contributed by atoms with Gasteiger partial charge in [-0.25, -0.2) is 4.39 Å². The van der Waals surface area contributed by atoms with Gasteiger partial charge in [-0.3, -0.25) is 9.59 Å². The van der Waals surface area contributed by atoms with Gasteiger partial charge in [-0.05, 0) is 53.9 Å². The first-order chi connectivity index (χ1) is 15.3. The predicted octanol–water partition coefficient (Wildman–Crippen LogP) is 5.41. The summed E-state index contributed by atoms with van der Waals surface area (Å²) in [7, 11) is 0. The molecule has 0 aliphatic carbocycles. The maximum Gasteiger partial charge on any atom is 0.242 e. The van der Waals surface area contributed by atoms with E-state index in [1.54, 1.807) is 49.4 Å². The average Bonchev–Trinajstić information content (AvgIpc) is 2.79. The molecule has 3 rings (SSSR count). The van der Waals surface area contributed by atoms with Crippen LogP contribution in [0.3, 0.4) is 0 Å². The Balaban J connectivity index is 1.75. The van der Waals surface area contributed by atoms with Crippen LogP contribution in [0, 0.1) is 5.82 Å². The molecule has 1 unspecified atom stereocenters. The van der Waals surface area contributed by atoms with E-state index in [2.05, 4.69) is 5.32 Å². The van der Waals surface area contributed by atoms with Crippen LogP contribution in [0.4, 0.5) is 4.39 Å².